The van der Waals surface area contributed by atoms with E-state index in [1.54, 1.807) is 48.1 Å². The third-order valence-corrected chi connectivity index (χ3v) is 2.84. The number of amides is 1. The number of nitriles is 1. The molecule has 0 bridgehead atoms. The molecule has 0 aliphatic carbocycles. The number of carbonyl (C=O) groups excluding carboxylic acids is 2. The van der Waals surface area contributed by atoms with Crippen LogP contribution in [0.4, 0.5) is 5.69 Å². The Bertz CT molecular complexity index is 681. The smallest absolute Gasteiger partial charge is 0.232 e. The zero-order valence-electron chi connectivity index (χ0n) is 11.0. The third-order valence-electron chi connectivity index (χ3n) is 2.84. The fraction of sp³-hybridized carbons (Fsp3) is 0.133. The highest BCUT2D eigenvalue weighted by atomic mass is 16.2. The number of rotatable bonds is 4. The first-order valence-electron chi connectivity index (χ1n) is 6.05. The summed E-state index contributed by atoms with van der Waals surface area (Å²) in [7, 11) is 1.67. The first-order valence-corrected chi connectivity index (χ1v) is 6.05. The molecular weight excluding hydrogens is 254 g/mol. The number of hydrogen-bond donors (Lipinski definition) is 1. The standard InChI is InChI=1S/C15H13N3O2/c1-18-8-7-11(10-16)15(18)13(19)9-14(20)17-12-5-3-2-4-6-12/h2-8H,9H2,1H3,(H,17,20). The molecule has 1 N–H and O–H groups in total. The SMILES string of the molecule is Cn1ccc(C#N)c1C(=O)CC(=O)Nc1ccccc1. The second kappa shape index (κ2) is 5.85. The molecule has 0 fully saturated rings. The van der Waals surface area contributed by atoms with Crippen LogP contribution in [0.2, 0.25) is 0 Å². The van der Waals surface area contributed by atoms with Crippen molar-refractivity contribution in [2.24, 2.45) is 7.05 Å². The molecule has 0 aliphatic heterocycles. The molecular formula is C15H13N3O2. The van der Waals surface area contributed by atoms with Crippen molar-refractivity contribution in [2.75, 3.05) is 5.32 Å². The Morgan fingerprint density at radius 2 is 1.95 bits per heavy atom. The molecule has 5 heteroatoms. The normalized spacial score (nSPS) is 9.80. The summed E-state index contributed by atoms with van der Waals surface area (Å²) in [6.45, 7) is 0. The first-order chi connectivity index (χ1) is 9.61. The number of aromatic nitrogens is 1. The van der Waals surface area contributed by atoms with Crippen molar-refractivity contribution in [2.45, 2.75) is 6.42 Å². The van der Waals surface area contributed by atoms with Crippen LogP contribution in [0.1, 0.15) is 22.5 Å². The average molecular weight is 267 g/mol. The Hall–Kier alpha value is -2.87. The number of ketones is 1. The fourth-order valence-electron chi connectivity index (χ4n) is 1.92. The van der Waals surface area contributed by atoms with Gasteiger partial charge in [0.15, 0.2) is 5.78 Å². The molecule has 0 atom stereocenters. The van der Waals surface area contributed by atoms with E-state index in [4.69, 9.17) is 5.26 Å². The van der Waals surface area contributed by atoms with Crippen molar-refractivity contribution in [1.82, 2.24) is 4.57 Å². The quantitative estimate of drug-likeness (QED) is 0.681. The number of aryl methyl sites for hydroxylation is 1. The van der Waals surface area contributed by atoms with E-state index in [-0.39, 0.29) is 23.5 Å². The van der Waals surface area contributed by atoms with E-state index in [1.165, 1.54) is 0 Å². The van der Waals surface area contributed by atoms with Gasteiger partial charge >= 0.3 is 0 Å². The van der Waals surface area contributed by atoms with Crippen molar-refractivity contribution < 1.29 is 9.59 Å². The van der Waals surface area contributed by atoms with E-state index in [0.717, 1.165) is 0 Å². The molecule has 0 saturated carbocycles. The van der Waals surface area contributed by atoms with Gasteiger partial charge in [0.1, 0.15) is 11.8 Å². The molecule has 1 heterocycles. The van der Waals surface area contributed by atoms with Crippen LogP contribution in [0, 0.1) is 11.3 Å². The fourth-order valence-corrected chi connectivity index (χ4v) is 1.92. The summed E-state index contributed by atoms with van der Waals surface area (Å²) < 4.78 is 1.55. The van der Waals surface area contributed by atoms with Crippen LogP contribution in [-0.4, -0.2) is 16.3 Å². The summed E-state index contributed by atoms with van der Waals surface area (Å²) in [6.07, 6.45) is 1.34. The number of nitrogens with zero attached hydrogens (tertiary/aromatic N) is 2. The molecule has 1 aromatic carbocycles. The van der Waals surface area contributed by atoms with Crippen molar-refractivity contribution in [3.63, 3.8) is 0 Å². The summed E-state index contributed by atoms with van der Waals surface area (Å²) in [5, 5.41) is 11.6. The largest absolute Gasteiger partial charge is 0.347 e. The summed E-state index contributed by atoms with van der Waals surface area (Å²) in [5.74, 6) is -0.770. The number of anilines is 1. The number of para-hydroxylation sites is 1. The highest BCUT2D eigenvalue weighted by molar-refractivity contribution is 6.11. The minimum absolute atomic E-state index is 0.260. The lowest BCUT2D eigenvalue weighted by Gasteiger charge is -2.05. The molecule has 20 heavy (non-hydrogen) atoms. The van der Waals surface area contributed by atoms with Crippen LogP contribution in [0.5, 0.6) is 0 Å². The van der Waals surface area contributed by atoms with Gasteiger partial charge in [-0.3, -0.25) is 9.59 Å². The predicted octanol–water partition coefficient (Wildman–Crippen LogP) is 2.11. The number of carbonyl (C=O) groups is 2. The van der Waals surface area contributed by atoms with Gasteiger partial charge in [-0.15, -0.1) is 0 Å². The predicted molar refractivity (Wildman–Crippen MR) is 74.1 cm³/mol. The van der Waals surface area contributed by atoms with Crippen molar-refractivity contribution >= 4 is 17.4 Å². The van der Waals surface area contributed by atoms with Gasteiger partial charge in [0.25, 0.3) is 0 Å². The van der Waals surface area contributed by atoms with Gasteiger partial charge < -0.3 is 9.88 Å². The Morgan fingerprint density at radius 1 is 1.25 bits per heavy atom. The van der Waals surface area contributed by atoms with Crippen LogP contribution < -0.4 is 5.32 Å². The van der Waals surface area contributed by atoms with Gasteiger partial charge in [-0.2, -0.15) is 5.26 Å². The van der Waals surface area contributed by atoms with E-state index >= 15 is 0 Å². The molecule has 5 nitrogen and oxygen atoms in total. The van der Waals surface area contributed by atoms with E-state index in [1.807, 2.05) is 12.1 Å². The molecule has 0 spiro atoms. The Balaban J connectivity index is 2.07. The lowest BCUT2D eigenvalue weighted by molar-refractivity contribution is -0.115. The Kier molecular flexibility index (Phi) is 3.96. The first kappa shape index (κ1) is 13.6. The van der Waals surface area contributed by atoms with Crippen LogP contribution >= 0.6 is 0 Å². The Morgan fingerprint density at radius 3 is 2.60 bits per heavy atom. The number of benzene rings is 1. The van der Waals surface area contributed by atoms with Gasteiger partial charge in [0.2, 0.25) is 5.91 Å². The summed E-state index contributed by atoms with van der Waals surface area (Å²) >= 11 is 0. The van der Waals surface area contributed by atoms with Gasteiger partial charge in [0.05, 0.1) is 12.0 Å². The zero-order chi connectivity index (χ0) is 14.5. The highest BCUT2D eigenvalue weighted by Gasteiger charge is 2.18. The zero-order valence-corrected chi connectivity index (χ0v) is 11.0. The lowest BCUT2D eigenvalue weighted by atomic mass is 10.1. The van der Waals surface area contributed by atoms with E-state index in [0.29, 0.717) is 5.69 Å². The molecule has 2 rings (SSSR count). The molecule has 100 valence electrons. The summed E-state index contributed by atoms with van der Waals surface area (Å²) in [4.78, 5) is 23.9. The topological polar surface area (TPSA) is 74.9 Å². The minimum atomic E-state index is -0.397. The van der Waals surface area contributed by atoms with E-state index in [2.05, 4.69) is 5.32 Å². The third kappa shape index (κ3) is 2.93. The maximum atomic E-state index is 12.1. The van der Waals surface area contributed by atoms with Gasteiger partial charge in [-0.1, -0.05) is 18.2 Å². The molecule has 1 aromatic heterocycles. The van der Waals surface area contributed by atoms with Crippen molar-refractivity contribution in [3.8, 4) is 6.07 Å². The van der Waals surface area contributed by atoms with Gasteiger partial charge in [0, 0.05) is 18.9 Å². The van der Waals surface area contributed by atoms with Crippen LogP contribution in [-0.2, 0) is 11.8 Å². The maximum absolute atomic E-state index is 12.1. The van der Waals surface area contributed by atoms with Gasteiger partial charge in [-0.25, -0.2) is 0 Å². The van der Waals surface area contributed by atoms with Crippen molar-refractivity contribution in [3.05, 3.63) is 53.9 Å². The Labute approximate surface area is 116 Å². The lowest BCUT2D eigenvalue weighted by Crippen LogP contribution is -2.18. The monoisotopic (exact) mass is 267 g/mol. The number of Topliss-reactive ketones (excluding diaryl/α,β-unsaturated/α-hetero) is 1. The van der Waals surface area contributed by atoms with Crippen LogP contribution in [0.25, 0.3) is 0 Å². The molecule has 0 radical (unpaired) electrons. The highest BCUT2D eigenvalue weighted by Crippen LogP contribution is 2.12. The number of nitrogens with one attached hydrogen (secondary N) is 1. The second-order valence-electron chi connectivity index (χ2n) is 4.31. The molecule has 0 aliphatic rings. The van der Waals surface area contributed by atoms with Crippen LogP contribution in [0.15, 0.2) is 42.6 Å². The summed E-state index contributed by atoms with van der Waals surface area (Å²) in [5.41, 5.74) is 1.18. The van der Waals surface area contributed by atoms with Gasteiger partial charge in [-0.05, 0) is 18.2 Å². The summed E-state index contributed by atoms with van der Waals surface area (Å²) in [6, 6.07) is 12.4. The molecule has 0 unspecified atom stereocenters. The maximum Gasteiger partial charge on any atom is 0.232 e. The van der Waals surface area contributed by atoms with Crippen molar-refractivity contribution in [1.29, 1.82) is 5.26 Å². The number of hydrogen-bond acceptors (Lipinski definition) is 3. The van der Waals surface area contributed by atoms with E-state index < -0.39 is 5.91 Å². The molecule has 1 amide bonds. The molecule has 0 saturated heterocycles. The average Bonchev–Trinajstić information content (AvgIpc) is 2.80. The van der Waals surface area contributed by atoms with Crippen LogP contribution in [0.3, 0.4) is 0 Å². The second-order valence-corrected chi connectivity index (χ2v) is 4.31. The molecule has 2 aromatic rings. The van der Waals surface area contributed by atoms with E-state index in [9.17, 15) is 9.59 Å². The minimum Gasteiger partial charge on any atom is -0.347 e.